The summed E-state index contributed by atoms with van der Waals surface area (Å²) < 4.78 is 0. The highest BCUT2D eigenvalue weighted by molar-refractivity contribution is 5.62. The van der Waals surface area contributed by atoms with E-state index in [4.69, 9.17) is 0 Å². The van der Waals surface area contributed by atoms with Crippen LogP contribution in [0.15, 0.2) is 48.8 Å². The molecule has 0 radical (unpaired) electrons. The molecule has 0 fully saturated rings. The van der Waals surface area contributed by atoms with Crippen molar-refractivity contribution in [1.29, 1.82) is 0 Å². The maximum absolute atomic E-state index is 4.13. The normalized spacial score (nSPS) is 12.1. The second kappa shape index (κ2) is 5.48. The summed E-state index contributed by atoms with van der Waals surface area (Å²) >= 11 is 0. The third-order valence-corrected chi connectivity index (χ3v) is 3.03. The van der Waals surface area contributed by atoms with E-state index >= 15 is 0 Å². The molecule has 6 nitrogen and oxygen atoms in total. The van der Waals surface area contributed by atoms with Crippen LogP contribution >= 0.6 is 0 Å². The highest BCUT2D eigenvalue weighted by Crippen LogP contribution is 2.22. The minimum absolute atomic E-state index is 0.171. The average molecular weight is 266 g/mol. The summed E-state index contributed by atoms with van der Waals surface area (Å²) in [5, 5.41) is 17.4. The first-order chi connectivity index (χ1) is 9.83. The third-order valence-electron chi connectivity index (χ3n) is 3.03. The van der Waals surface area contributed by atoms with E-state index in [0.29, 0.717) is 5.82 Å². The molecule has 2 aromatic heterocycles. The van der Waals surface area contributed by atoms with Crippen molar-refractivity contribution in [2.75, 3.05) is 5.32 Å². The molecule has 100 valence electrons. The van der Waals surface area contributed by atoms with Gasteiger partial charge in [0.25, 0.3) is 0 Å². The van der Waals surface area contributed by atoms with Crippen molar-refractivity contribution in [2.45, 2.75) is 13.0 Å². The summed E-state index contributed by atoms with van der Waals surface area (Å²) in [6.07, 6.45) is 3.63. The first-order valence-corrected chi connectivity index (χ1v) is 6.33. The zero-order valence-electron chi connectivity index (χ0n) is 11.0. The summed E-state index contributed by atoms with van der Waals surface area (Å²) in [5.41, 5.74) is 3.06. The van der Waals surface area contributed by atoms with Crippen LogP contribution < -0.4 is 5.32 Å². The number of aromatic nitrogens is 5. The van der Waals surface area contributed by atoms with Crippen LogP contribution in [0.3, 0.4) is 0 Å². The first kappa shape index (κ1) is 12.3. The first-order valence-electron chi connectivity index (χ1n) is 6.33. The molecular weight excluding hydrogens is 252 g/mol. The standard InChI is InChI=1S/C14H14N6/c1-10(12-5-3-7-15-9-12)16-13-6-2-4-11(8-13)14-17-19-20-18-14/h2-10,16H,1H3,(H,17,18,19,20). The van der Waals surface area contributed by atoms with E-state index in [1.165, 1.54) is 0 Å². The second-order valence-corrected chi connectivity index (χ2v) is 4.47. The summed E-state index contributed by atoms with van der Waals surface area (Å²) in [7, 11) is 0. The topological polar surface area (TPSA) is 79.4 Å². The van der Waals surface area contributed by atoms with Crippen molar-refractivity contribution in [3.8, 4) is 11.4 Å². The van der Waals surface area contributed by atoms with Gasteiger partial charge >= 0.3 is 0 Å². The van der Waals surface area contributed by atoms with Gasteiger partial charge in [-0.25, -0.2) is 0 Å². The molecule has 1 aromatic carbocycles. The average Bonchev–Trinajstić information content (AvgIpc) is 3.03. The van der Waals surface area contributed by atoms with Gasteiger partial charge in [0, 0.05) is 23.6 Å². The Hall–Kier alpha value is -2.76. The molecular formula is C14H14N6. The van der Waals surface area contributed by atoms with Gasteiger partial charge in [-0.2, -0.15) is 5.21 Å². The predicted molar refractivity (Wildman–Crippen MR) is 75.9 cm³/mol. The largest absolute Gasteiger partial charge is 0.378 e. The Bertz CT molecular complexity index is 665. The molecule has 1 unspecified atom stereocenters. The van der Waals surface area contributed by atoms with Crippen LogP contribution in [-0.2, 0) is 0 Å². The van der Waals surface area contributed by atoms with Crippen molar-refractivity contribution in [3.05, 3.63) is 54.4 Å². The van der Waals surface area contributed by atoms with Gasteiger partial charge in [0.2, 0.25) is 5.82 Å². The number of hydrogen-bond donors (Lipinski definition) is 2. The number of nitrogens with one attached hydrogen (secondary N) is 2. The molecule has 6 heteroatoms. The molecule has 0 aliphatic carbocycles. The zero-order valence-corrected chi connectivity index (χ0v) is 11.0. The van der Waals surface area contributed by atoms with Crippen molar-refractivity contribution in [2.24, 2.45) is 0 Å². The van der Waals surface area contributed by atoms with Crippen LogP contribution in [0.25, 0.3) is 11.4 Å². The molecule has 0 amide bonds. The number of H-pyrrole nitrogens is 1. The highest BCUT2D eigenvalue weighted by atomic mass is 15.5. The van der Waals surface area contributed by atoms with E-state index in [2.05, 4.69) is 37.8 Å². The second-order valence-electron chi connectivity index (χ2n) is 4.47. The maximum Gasteiger partial charge on any atom is 0.204 e. The Labute approximate surface area is 116 Å². The van der Waals surface area contributed by atoms with Gasteiger partial charge in [-0.15, -0.1) is 10.2 Å². The predicted octanol–water partition coefficient (Wildman–Crippen LogP) is 2.43. The van der Waals surface area contributed by atoms with Crippen LogP contribution in [0.1, 0.15) is 18.5 Å². The Morgan fingerprint density at radius 3 is 2.90 bits per heavy atom. The SMILES string of the molecule is CC(Nc1cccc(-c2nn[nH]n2)c1)c1cccnc1. The Morgan fingerprint density at radius 1 is 1.20 bits per heavy atom. The molecule has 20 heavy (non-hydrogen) atoms. The monoisotopic (exact) mass is 266 g/mol. The zero-order chi connectivity index (χ0) is 13.8. The molecule has 0 aliphatic rings. The number of benzene rings is 1. The Balaban J connectivity index is 1.80. The number of hydrogen-bond acceptors (Lipinski definition) is 5. The number of nitrogens with zero attached hydrogens (tertiary/aromatic N) is 4. The number of pyridine rings is 1. The molecule has 0 saturated carbocycles. The number of aromatic amines is 1. The van der Waals surface area contributed by atoms with Crippen molar-refractivity contribution < 1.29 is 0 Å². The van der Waals surface area contributed by atoms with Crippen LogP contribution in [0, 0.1) is 0 Å². The van der Waals surface area contributed by atoms with Gasteiger partial charge in [-0.3, -0.25) is 4.98 Å². The lowest BCUT2D eigenvalue weighted by atomic mass is 10.1. The van der Waals surface area contributed by atoms with E-state index in [9.17, 15) is 0 Å². The van der Waals surface area contributed by atoms with Crippen molar-refractivity contribution >= 4 is 5.69 Å². The van der Waals surface area contributed by atoms with E-state index in [-0.39, 0.29) is 6.04 Å². The fourth-order valence-electron chi connectivity index (χ4n) is 2.00. The molecule has 2 N–H and O–H groups in total. The fraction of sp³-hybridized carbons (Fsp3) is 0.143. The van der Waals surface area contributed by atoms with Crippen molar-refractivity contribution in [1.82, 2.24) is 25.6 Å². The summed E-state index contributed by atoms with van der Waals surface area (Å²) in [4.78, 5) is 4.13. The molecule has 1 atom stereocenters. The Kier molecular flexibility index (Phi) is 3.36. The van der Waals surface area contributed by atoms with E-state index in [0.717, 1.165) is 16.8 Å². The van der Waals surface area contributed by atoms with Crippen LogP contribution in [0.5, 0.6) is 0 Å². The quantitative estimate of drug-likeness (QED) is 0.758. The van der Waals surface area contributed by atoms with Gasteiger partial charge in [0.05, 0.1) is 6.04 Å². The van der Waals surface area contributed by atoms with Gasteiger partial charge in [0.1, 0.15) is 0 Å². The minimum atomic E-state index is 0.171. The smallest absolute Gasteiger partial charge is 0.204 e. The molecule has 0 saturated heterocycles. The number of rotatable bonds is 4. The summed E-state index contributed by atoms with van der Waals surface area (Å²) in [5.74, 6) is 0.586. The lowest BCUT2D eigenvalue weighted by molar-refractivity contribution is 0.876. The van der Waals surface area contributed by atoms with Crippen molar-refractivity contribution in [3.63, 3.8) is 0 Å². The van der Waals surface area contributed by atoms with E-state index < -0.39 is 0 Å². The summed E-state index contributed by atoms with van der Waals surface area (Å²) in [6.45, 7) is 2.10. The Morgan fingerprint density at radius 2 is 2.15 bits per heavy atom. The molecule has 2 heterocycles. The lowest BCUT2D eigenvalue weighted by Gasteiger charge is -2.15. The molecule has 0 aliphatic heterocycles. The van der Waals surface area contributed by atoms with Gasteiger partial charge in [0.15, 0.2) is 0 Å². The molecule has 0 spiro atoms. The molecule has 0 bridgehead atoms. The van der Waals surface area contributed by atoms with E-state index in [1.807, 2.05) is 42.6 Å². The molecule has 3 rings (SSSR count). The summed E-state index contributed by atoms with van der Waals surface area (Å²) in [6, 6.07) is 12.1. The number of anilines is 1. The van der Waals surface area contributed by atoms with Crippen LogP contribution in [0.2, 0.25) is 0 Å². The minimum Gasteiger partial charge on any atom is -0.378 e. The van der Waals surface area contributed by atoms with E-state index in [1.54, 1.807) is 6.20 Å². The lowest BCUT2D eigenvalue weighted by Crippen LogP contribution is -2.06. The van der Waals surface area contributed by atoms with Crippen LogP contribution in [0.4, 0.5) is 5.69 Å². The van der Waals surface area contributed by atoms with Gasteiger partial charge in [-0.05, 0) is 35.9 Å². The van der Waals surface area contributed by atoms with Crippen LogP contribution in [-0.4, -0.2) is 25.6 Å². The fourth-order valence-corrected chi connectivity index (χ4v) is 2.00. The van der Waals surface area contributed by atoms with Gasteiger partial charge < -0.3 is 5.32 Å². The van der Waals surface area contributed by atoms with Gasteiger partial charge in [-0.1, -0.05) is 18.2 Å². The highest BCUT2D eigenvalue weighted by Gasteiger charge is 2.07. The maximum atomic E-state index is 4.13. The third kappa shape index (κ3) is 2.64. The molecule has 3 aromatic rings. The number of tetrazole rings is 1.